The summed E-state index contributed by atoms with van der Waals surface area (Å²) >= 11 is 18.2. The quantitative estimate of drug-likeness (QED) is 0.446. The van der Waals surface area contributed by atoms with Gasteiger partial charge in [-0.25, -0.2) is 8.42 Å². The molecule has 0 aliphatic rings. The summed E-state index contributed by atoms with van der Waals surface area (Å²) in [7, 11) is -4.04. The van der Waals surface area contributed by atoms with E-state index < -0.39 is 15.9 Å². The number of sulfonamides is 1. The van der Waals surface area contributed by atoms with Crippen LogP contribution in [0.4, 0.5) is 11.4 Å². The highest BCUT2D eigenvalue weighted by Gasteiger charge is 2.21. The lowest BCUT2D eigenvalue weighted by molar-refractivity contribution is 0.102. The first-order chi connectivity index (χ1) is 14.1. The van der Waals surface area contributed by atoms with Gasteiger partial charge in [0.15, 0.2) is 0 Å². The van der Waals surface area contributed by atoms with Gasteiger partial charge in [-0.15, -0.1) is 0 Å². The first-order valence-electron chi connectivity index (χ1n) is 8.73. The van der Waals surface area contributed by atoms with Crippen LogP contribution in [-0.4, -0.2) is 14.3 Å². The smallest absolute Gasteiger partial charge is 0.263 e. The van der Waals surface area contributed by atoms with Crippen molar-refractivity contribution >= 4 is 62.1 Å². The minimum atomic E-state index is -4.04. The second-order valence-corrected chi connectivity index (χ2v) is 9.47. The van der Waals surface area contributed by atoms with Crippen LogP contribution in [0, 0.1) is 13.8 Å². The Morgan fingerprint density at radius 2 is 1.60 bits per heavy atom. The van der Waals surface area contributed by atoms with Gasteiger partial charge >= 0.3 is 0 Å². The van der Waals surface area contributed by atoms with Gasteiger partial charge in [0.2, 0.25) is 0 Å². The molecule has 0 aromatic heterocycles. The highest BCUT2D eigenvalue weighted by molar-refractivity contribution is 7.92. The molecule has 1 amide bonds. The van der Waals surface area contributed by atoms with Gasteiger partial charge in [-0.1, -0.05) is 53.0 Å². The summed E-state index contributed by atoms with van der Waals surface area (Å²) < 4.78 is 28.4. The first-order valence-corrected chi connectivity index (χ1v) is 11.3. The molecule has 2 N–H and O–H groups in total. The summed E-state index contributed by atoms with van der Waals surface area (Å²) in [6.07, 6.45) is 0. The van der Waals surface area contributed by atoms with Crippen LogP contribution in [-0.2, 0) is 10.0 Å². The number of aryl methyl sites for hydroxylation is 2. The van der Waals surface area contributed by atoms with Crippen molar-refractivity contribution in [2.24, 2.45) is 0 Å². The molecule has 0 saturated heterocycles. The third kappa shape index (κ3) is 4.90. The van der Waals surface area contributed by atoms with E-state index in [1.807, 2.05) is 19.1 Å². The van der Waals surface area contributed by atoms with Gasteiger partial charge < -0.3 is 5.32 Å². The average Bonchev–Trinajstić information content (AvgIpc) is 2.68. The molecule has 0 heterocycles. The van der Waals surface area contributed by atoms with E-state index in [0.717, 1.165) is 11.1 Å². The summed E-state index contributed by atoms with van der Waals surface area (Å²) in [4.78, 5) is 12.4. The zero-order valence-electron chi connectivity index (χ0n) is 16.0. The van der Waals surface area contributed by atoms with E-state index in [4.69, 9.17) is 34.8 Å². The largest absolute Gasteiger partial charge is 0.321 e. The van der Waals surface area contributed by atoms with Crippen LogP contribution >= 0.6 is 34.8 Å². The summed E-state index contributed by atoms with van der Waals surface area (Å²) in [5.74, 6) is -0.556. The van der Waals surface area contributed by atoms with Crippen LogP contribution in [0.2, 0.25) is 15.1 Å². The van der Waals surface area contributed by atoms with Crippen LogP contribution < -0.4 is 10.0 Å². The minimum Gasteiger partial charge on any atom is -0.321 e. The Kier molecular flexibility index (Phi) is 6.62. The number of anilines is 2. The van der Waals surface area contributed by atoms with Crippen molar-refractivity contribution in [3.05, 3.63) is 86.4 Å². The van der Waals surface area contributed by atoms with E-state index in [2.05, 4.69) is 10.0 Å². The predicted octanol–water partition coefficient (Wildman–Crippen LogP) is 6.32. The van der Waals surface area contributed by atoms with Gasteiger partial charge in [-0.2, -0.15) is 0 Å². The molecular formula is C21H17Cl3N2O3S. The highest BCUT2D eigenvalue weighted by Crippen LogP contribution is 2.31. The maximum Gasteiger partial charge on any atom is 0.263 e. The molecule has 3 aromatic carbocycles. The lowest BCUT2D eigenvalue weighted by Crippen LogP contribution is -2.17. The van der Waals surface area contributed by atoms with Crippen molar-refractivity contribution in [1.82, 2.24) is 0 Å². The van der Waals surface area contributed by atoms with Crippen molar-refractivity contribution in [1.29, 1.82) is 0 Å². The van der Waals surface area contributed by atoms with Crippen LogP contribution in [0.5, 0.6) is 0 Å². The fourth-order valence-corrected chi connectivity index (χ4v) is 4.69. The zero-order chi connectivity index (χ0) is 22.1. The molecule has 5 nitrogen and oxygen atoms in total. The van der Waals surface area contributed by atoms with E-state index in [-0.39, 0.29) is 25.5 Å². The molecule has 0 aliphatic carbocycles. The van der Waals surface area contributed by atoms with E-state index >= 15 is 0 Å². The molecule has 0 unspecified atom stereocenters. The monoisotopic (exact) mass is 482 g/mol. The molecule has 9 heteroatoms. The lowest BCUT2D eigenvalue weighted by Gasteiger charge is -2.14. The number of carbonyl (C=O) groups excluding carboxylic acids is 1. The molecule has 30 heavy (non-hydrogen) atoms. The van der Waals surface area contributed by atoms with Gasteiger partial charge in [0.25, 0.3) is 15.9 Å². The van der Waals surface area contributed by atoms with Gasteiger partial charge in [0.1, 0.15) is 4.90 Å². The third-order valence-electron chi connectivity index (χ3n) is 4.32. The van der Waals surface area contributed by atoms with Gasteiger partial charge in [0.05, 0.1) is 26.4 Å². The number of amides is 1. The third-order valence-corrected chi connectivity index (χ3v) is 6.99. The maximum atomic E-state index is 13.0. The van der Waals surface area contributed by atoms with Gasteiger partial charge in [0, 0.05) is 5.56 Å². The molecule has 156 valence electrons. The molecule has 3 aromatic rings. The maximum absolute atomic E-state index is 13.0. The molecule has 0 spiro atoms. The molecule has 0 aliphatic heterocycles. The first kappa shape index (κ1) is 22.4. The van der Waals surface area contributed by atoms with Crippen LogP contribution in [0.15, 0.2) is 59.5 Å². The Hall–Kier alpha value is -2.25. The average molecular weight is 484 g/mol. The van der Waals surface area contributed by atoms with E-state index in [1.54, 1.807) is 31.2 Å². The van der Waals surface area contributed by atoms with Crippen molar-refractivity contribution < 1.29 is 13.2 Å². The zero-order valence-corrected chi connectivity index (χ0v) is 19.0. The van der Waals surface area contributed by atoms with Crippen LogP contribution in [0.3, 0.4) is 0 Å². The van der Waals surface area contributed by atoms with E-state index in [0.29, 0.717) is 11.4 Å². The number of halogens is 3. The molecule has 0 radical (unpaired) electrons. The Balaban J connectivity index is 1.93. The lowest BCUT2D eigenvalue weighted by atomic mass is 10.1. The molecule has 0 bridgehead atoms. The Morgan fingerprint density at radius 1 is 0.867 bits per heavy atom. The van der Waals surface area contributed by atoms with Crippen molar-refractivity contribution in [2.45, 2.75) is 18.7 Å². The summed E-state index contributed by atoms with van der Waals surface area (Å²) in [5, 5.41) is 3.08. The highest BCUT2D eigenvalue weighted by atomic mass is 35.5. The topological polar surface area (TPSA) is 75.3 Å². The second-order valence-electron chi connectivity index (χ2n) is 6.62. The fourth-order valence-electron chi connectivity index (χ4n) is 2.69. The SMILES string of the molecule is Cc1ccc(C)c(NS(=O)(=O)c2cc(C(=O)Nc3cccc(Cl)c3Cl)ccc2Cl)c1. The molecular weight excluding hydrogens is 467 g/mol. The Labute approximate surface area is 190 Å². The second kappa shape index (κ2) is 8.86. The summed E-state index contributed by atoms with van der Waals surface area (Å²) in [6, 6.07) is 14.2. The standard InChI is InChI=1S/C21H17Cl3N2O3S/c1-12-6-7-13(2)18(10-12)26-30(28,29)19-11-14(8-9-15(19)22)21(27)25-17-5-3-4-16(23)20(17)24/h3-11,26H,1-2H3,(H,25,27). The number of hydrogen-bond acceptors (Lipinski definition) is 3. The summed E-state index contributed by atoms with van der Waals surface area (Å²) in [6.45, 7) is 3.65. The van der Waals surface area contributed by atoms with E-state index in [9.17, 15) is 13.2 Å². The van der Waals surface area contributed by atoms with Gasteiger partial charge in [-0.3, -0.25) is 9.52 Å². The Bertz CT molecular complexity index is 1240. The van der Waals surface area contributed by atoms with E-state index in [1.165, 1.54) is 18.2 Å². The number of carbonyl (C=O) groups is 1. The van der Waals surface area contributed by atoms with Crippen LogP contribution in [0.25, 0.3) is 0 Å². The minimum absolute atomic E-state index is 0.00913. The normalized spacial score (nSPS) is 11.2. The van der Waals surface area contributed by atoms with Gasteiger partial charge in [-0.05, 0) is 61.4 Å². The molecule has 0 atom stereocenters. The van der Waals surface area contributed by atoms with Crippen molar-refractivity contribution in [3.8, 4) is 0 Å². The number of rotatable bonds is 5. The molecule has 0 fully saturated rings. The van der Waals surface area contributed by atoms with Crippen molar-refractivity contribution in [3.63, 3.8) is 0 Å². The predicted molar refractivity (Wildman–Crippen MR) is 123 cm³/mol. The number of benzene rings is 3. The fraction of sp³-hybridized carbons (Fsp3) is 0.0952. The number of nitrogens with one attached hydrogen (secondary N) is 2. The number of hydrogen-bond donors (Lipinski definition) is 2. The molecule has 0 saturated carbocycles. The summed E-state index contributed by atoms with van der Waals surface area (Å²) in [5.41, 5.74) is 2.49. The van der Waals surface area contributed by atoms with Crippen LogP contribution in [0.1, 0.15) is 21.5 Å². The Morgan fingerprint density at radius 3 is 2.33 bits per heavy atom. The van der Waals surface area contributed by atoms with Crippen molar-refractivity contribution in [2.75, 3.05) is 10.0 Å². The molecule has 3 rings (SSSR count).